The average Bonchev–Trinajstić information content (AvgIpc) is 2.85. The number of urea groups is 1. The molecule has 9 nitrogen and oxygen atoms in total. The van der Waals surface area contributed by atoms with Gasteiger partial charge in [-0.15, -0.1) is 0 Å². The summed E-state index contributed by atoms with van der Waals surface area (Å²) in [6.07, 6.45) is 3.59. The molecular weight excluding hydrogens is 408 g/mol. The van der Waals surface area contributed by atoms with Crippen molar-refractivity contribution in [2.24, 2.45) is 0 Å². The van der Waals surface area contributed by atoms with Gasteiger partial charge in [-0.2, -0.15) is 5.01 Å². The molecule has 0 unspecified atom stereocenters. The van der Waals surface area contributed by atoms with Gasteiger partial charge in [-0.25, -0.2) is 17.9 Å². The van der Waals surface area contributed by atoms with Crippen LogP contribution < -0.4 is 15.5 Å². The second kappa shape index (κ2) is 8.35. The molecule has 1 aliphatic heterocycles. The lowest BCUT2D eigenvalue weighted by Gasteiger charge is -2.30. The Morgan fingerprint density at radius 1 is 1.10 bits per heavy atom. The van der Waals surface area contributed by atoms with Crippen molar-refractivity contribution in [3.63, 3.8) is 0 Å². The maximum absolute atomic E-state index is 12.7. The van der Waals surface area contributed by atoms with Crippen molar-refractivity contribution in [2.75, 3.05) is 6.54 Å². The molecule has 4 amide bonds. The first-order valence-corrected chi connectivity index (χ1v) is 11.6. The van der Waals surface area contributed by atoms with Crippen molar-refractivity contribution in [1.29, 1.82) is 0 Å². The summed E-state index contributed by atoms with van der Waals surface area (Å²) in [5.41, 5.74) is 3.60. The van der Waals surface area contributed by atoms with Crippen LogP contribution in [0.4, 0.5) is 4.79 Å². The molecule has 1 heterocycles. The van der Waals surface area contributed by atoms with E-state index in [4.69, 9.17) is 0 Å². The molecule has 1 spiro atoms. The largest absolute Gasteiger partial charge is 0.344 e. The average molecular weight is 437 g/mol. The van der Waals surface area contributed by atoms with Crippen LogP contribution in [0.25, 0.3) is 0 Å². The molecular formula is C20H28N4O5S. The number of aryl methyl sites for hydroxylation is 3. The van der Waals surface area contributed by atoms with E-state index in [0.29, 0.717) is 24.0 Å². The van der Waals surface area contributed by atoms with E-state index in [-0.39, 0.29) is 17.9 Å². The molecule has 0 atom stereocenters. The van der Waals surface area contributed by atoms with E-state index in [2.05, 4.69) is 15.5 Å². The van der Waals surface area contributed by atoms with Crippen molar-refractivity contribution >= 4 is 27.9 Å². The predicted molar refractivity (Wildman–Crippen MR) is 110 cm³/mol. The van der Waals surface area contributed by atoms with Crippen LogP contribution in [0.5, 0.6) is 0 Å². The van der Waals surface area contributed by atoms with E-state index in [1.165, 1.54) is 0 Å². The van der Waals surface area contributed by atoms with Gasteiger partial charge in [-0.05, 0) is 44.7 Å². The van der Waals surface area contributed by atoms with Gasteiger partial charge in [0.15, 0.2) is 0 Å². The number of imide groups is 1. The number of hydrogen-bond acceptors (Lipinski definition) is 5. The smallest absolute Gasteiger partial charge is 0.322 e. The predicted octanol–water partition coefficient (Wildman–Crippen LogP) is 1.57. The fourth-order valence-corrected chi connectivity index (χ4v) is 5.84. The molecule has 2 aliphatic rings. The highest BCUT2D eigenvalue weighted by atomic mass is 32.2. The number of hydrogen-bond donors (Lipinski definition) is 3. The van der Waals surface area contributed by atoms with E-state index in [0.717, 1.165) is 29.8 Å². The summed E-state index contributed by atoms with van der Waals surface area (Å²) in [5.74, 6) is -1.07. The summed E-state index contributed by atoms with van der Waals surface area (Å²) in [6.45, 7) is 5.18. The van der Waals surface area contributed by atoms with Crippen molar-refractivity contribution in [3.05, 3.63) is 28.8 Å². The minimum absolute atomic E-state index is 0.157. The number of nitrogens with zero attached hydrogens (tertiary/aromatic N) is 1. The van der Waals surface area contributed by atoms with E-state index in [9.17, 15) is 22.8 Å². The standard InChI is InChI=1S/C20H28N4O5S/c1-13-11-14(2)17(15(3)12-13)30(28,29)21-10-7-16(25)23-24-18(26)20(22-19(24)27)8-5-4-6-9-20/h11-12,21H,4-10H2,1-3H3,(H,22,27)(H,23,25). The van der Waals surface area contributed by atoms with E-state index in [1.54, 1.807) is 26.0 Å². The van der Waals surface area contributed by atoms with Crippen LogP contribution in [-0.4, -0.2) is 43.4 Å². The van der Waals surface area contributed by atoms with E-state index < -0.39 is 33.4 Å². The molecule has 1 aromatic carbocycles. The Labute approximate surface area is 176 Å². The van der Waals surface area contributed by atoms with Crippen LogP contribution in [0.2, 0.25) is 0 Å². The van der Waals surface area contributed by atoms with Gasteiger partial charge < -0.3 is 5.32 Å². The number of rotatable bonds is 6. The Morgan fingerprint density at radius 3 is 2.30 bits per heavy atom. The highest BCUT2D eigenvalue weighted by molar-refractivity contribution is 7.89. The second-order valence-corrected chi connectivity index (χ2v) is 9.83. The lowest BCUT2D eigenvalue weighted by Crippen LogP contribution is -2.51. The molecule has 3 rings (SSSR count). The third-order valence-corrected chi connectivity index (χ3v) is 7.39. The molecule has 3 N–H and O–H groups in total. The van der Waals surface area contributed by atoms with E-state index >= 15 is 0 Å². The molecule has 0 bridgehead atoms. The van der Waals surface area contributed by atoms with Crippen LogP contribution in [0, 0.1) is 20.8 Å². The Hall–Kier alpha value is -2.46. The number of benzene rings is 1. The summed E-state index contributed by atoms with van der Waals surface area (Å²) in [5, 5.41) is 3.42. The summed E-state index contributed by atoms with van der Waals surface area (Å²) in [7, 11) is -3.79. The molecule has 1 saturated carbocycles. The summed E-state index contributed by atoms with van der Waals surface area (Å²) < 4.78 is 27.7. The highest BCUT2D eigenvalue weighted by Crippen LogP contribution is 2.33. The fraction of sp³-hybridized carbons (Fsp3) is 0.550. The van der Waals surface area contributed by atoms with Crippen LogP contribution in [0.3, 0.4) is 0 Å². The minimum atomic E-state index is -3.79. The van der Waals surface area contributed by atoms with Gasteiger partial charge in [-0.3, -0.25) is 15.0 Å². The number of nitrogens with one attached hydrogen (secondary N) is 3. The number of amides is 4. The highest BCUT2D eigenvalue weighted by Gasteiger charge is 2.52. The van der Waals surface area contributed by atoms with Crippen molar-refractivity contribution < 1.29 is 22.8 Å². The quantitative estimate of drug-likeness (QED) is 0.584. The summed E-state index contributed by atoms with van der Waals surface area (Å²) in [6, 6.07) is 2.92. The van der Waals surface area contributed by atoms with Crippen molar-refractivity contribution in [3.8, 4) is 0 Å². The fourth-order valence-electron chi connectivity index (χ4n) is 4.36. The van der Waals surface area contributed by atoms with Gasteiger partial charge >= 0.3 is 6.03 Å². The molecule has 164 valence electrons. The number of carbonyl (C=O) groups excluding carboxylic acids is 3. The van der Waals surface area contributed by atoms with Gasteiger partial charge in [0.05, 0.1) is 4.90 Å². The van der Waals surface area contributed by atoms with Crippen molar-refractivity contribution in [1.82, 2.24) is 20.5 Å². The van der Waals surface area contributed by atoms with Crippen molar-refractivity contribution in [2.45, 2.75) is 69.7 Å². The molecule has 10 heteroatoms. The van der Waals surface area contributed by atoms with Crippen LogP contribution in [0.1, 0.15) is 55.2 Å². The normalized spacial score (nSPS) is 18.6. The molecule has 0 radical (unpaired) electrons. The molecule has 0 aromatic heterocycles. The zero-order valence-corrected chi connectivity index (χ0v) is 18.3. The third-order valence-electron chi connectivity index (χ3n) is 5.62. The molecule has 1 aromatic rings. The number of sulfonamides is 1. The van der Waals surface area contributed by atoms with Gasteiger partial charge in [0.1, 0.15) is 5.54 Å². The zero-order valence-electron chi connectivity index (χ0n) is 17.5. The monoisotopic (exact) mass is 436 g/mol. The number of hydrazine groups is 1. The molecule has 30 heavy (non-hydrogen) atoms. The second-order valence-electron chi connectivity index (χ2n) is 8.12. The summed E-state index contributed by atoms with van der Waals surface area (Å²) >= 11 is 0. The molecule has 2 fully saturated rings. The third kappa shape index (κ3) is 4.34. The Balaban J connectivity index is 1.58. The van der Waals surface area contributed by atoms with Gasteiger partial charge in [0, 0.05) is 13.0 Å². The van der Waals surface area contributed by atoms with Gasteiger partial charge in [-0.1, -0.05) is 37.0 Å². The van der Waals surface area contributed by atoms with Crippen LogP contribution >= 0.6 is 0 Å². The Bertz CT molecular complexity index is 960. The van der Waals surface area contributed by atoms with Crippen LogP contribution in [-0.2, 0) is 19.6 Å². The molecule has 1 saturated heterocycles. The maximum atomic E-state index is 12.7. The number of carbonyl (C=O) groups is 3. The summed E-state index contributed by atoms with van der Waals surface area (Å²) in [4.78, 5) is 37.3. The van der Waals surface area contributed by atoms with Crippen LogP contribution in [0.15, 0.2) is 17.0 Å². The lowest BCUT2D eigenvalue weighted by atomic mass is 9.82. The van der Waals surface area contributed by atoms with Gasteiger partial charge in [0.2, 0.25) is 15.9 Å². The first-order valence-electron chi connectivity index (χ1n) is 10.1. The maximum Gasteiger partial charge on any atom is 0.344 e. The van der Waals surface area contributed by atoms with E-state index in [1.807, 2.05) is 6.92 Å². The first kappa shape index (κ1) is 22.2. The minimum Gasteiger partial charge on any atom is -0.322 e. The van der Waals surface area contributed by atoms with Gasteiger partial charge in [0.25, 0.3) is 5.91 Å². The Kier molecular flexibility index (Phi) is 6.19. The zero-order chi connectivity index (χ0) is 22.1. The topological polar surface area (TPSA) is 125 Å². The SMILES string of the molecule is Cc1cc(C)c(S(=O)(=O)NCCC(=O)NN2C(=O)NC3(CCCCC3)C2=O)c(C)c1. The Morgan fingerprint density at radius 2 is 1.70 bits per heavy atom. The lowest BCUT2D eigenvalue weighted by molar-refractivity contribution is -0.139. The molecule has 1 aliphatic carbocycles. The first-order chi connectivity index (χ1) is 14.1.